The van der Waals surface area contributed by atoms with Gasteiger partial charge in [0.15, 0.2) is 0 Å². The largest absolute Gasteiger partial charge is 0.491 e. The minimum absolute atomic E-state index is 0.180. The molecule has 0 spiro atoms. The zero-order chi connectivity index (χ0) is 12.9. The average Bonchev–Trinajstić information content (AvgIpc) is 2.36. The molecule has 0 aliphatic heterocycles. The van der Waals surface area contributed by atoms with Crippen LogP contribution in [0.3, 0.4) is 0 Å². The maximum Gasteiger partial charge on any atom is 0.227 e. The van der Waals surface area contributed by atoms with Crippen molar-refractivity contribution < 1.29 is 9.16 Å². The fraction of sp³-hybridized carbons (Fsp3) is 0.538. The van der Waals surface area contributed by atoms with Crippen molar-refractivity contribution in [1.29, 1.82) is 0 Å². The Bertz CT molecular complexity index is 355. The van der Waals surface area contributed by atoms with Crippen molar-refractivity contribution in [2.75, 3.05) is 19.5 Å². The molecule has 0 amide bonds. The van der Waals surface area contributed by atoms with Crippen LogP contribution in [-0.4, -0.2) is 28.2 Å². The van der Waals surface area contributed by atoms with Crippen LogP contribution in [0.4, 0.5) is 5.69 Å². The zero-order valence-electron chi connectivity index (χ0n) is 11.4. The van der Waals surface area contributed by atoms with Crippen molar-refractivity contribution in [1.82, 2.24) is 0 Å². The van der Waals surface area contributed by atoms with Crippen molar-refractivity contribution in [3.05, 3.63) is 24.3 Å². The van der Waals surface area contributed by atoms with E-state index in [-0.39, 0.29) is 5.73 Å². The van der Waals surface area contributed by atoms with Crippen molar-refractivity contribution in [2.24, 2.45) is 0 Å². The van der Waals surface area contributed by atoms with Crippen LogP contribution in [0.15, 0.2) is 24.3 Å². The lowest BCUT2D eigenvalue weighted by Gasteiger charge is -2.30. The summed E-state index contributed by atoms with van der Waals surface area (Å²) >= 11 is 0. The van der Waals surface area contributed by atoms with Crippen molar-refractivity contribution in [3.8, 4) is 5.75 Å². The van der Waals surface area contributed by atoms with Crippen LogP contribution in [0, 0.1) is 0 Å². The first kappa shape index (κ1) is 14.1. The summed E-state index contributed by atoms with van der Waals surface area (Å²) in [5.41, 5.74) is 1.24. The number of benzene rings is 1. The Morgan fingerprint density at radius 1 is 1.35 bits per heavy atom. The minimum atomic E-state index is -1.76. The van der Waals surface area contributed by atoms with E-state index in [2.05, 4.69) is 25.3 Å². The molecule has 0 aromatic heterocycles. The summed E-state index contributed by atoms with van der Waals surface area (Å²) in [7, 11) is 1.93. The summed E-state index contributed by atoms with van der Waals surface area (Å²) in [6, 6.07) is 8.02. The van der Waals surface area contributed by atoms with Crippen LogP contribution in [0.2, 0.25) is 13.1 Å². The Labute approximate surface area is 105 Å². The third-order valence-electron chi connectivity index (χ3n) is 3.07. The predicted octanol–water partition coefficient (Wildman–Crippen LogP) is 3.28. The van der Waals surface area contributed by atoms with E-state index >= 15 is 0 Å². The molecular formula is C13H23NO2Si. The summed E-state index contributed by atoms with van der Waals surface area (Å²) in [5, 5.41) is 3.11. The van der Waals surface area contributed by atoms with Gasteiger partial charge in [-0.3, -0.25) is 0 Å². The topological polar surface area (TPSA) is 30.5 Å². The van der Waals surface area contributed by atoms with Gasteiger partial charge < -0.3 is 14.5 Å². The number of rotatable bonds is 6. The molecule has 1 rings (SSSR count). The molecule has 1 aromatic carbocycles. The van der Waals surface area contributed by atoms with Crippen LogP contribution in [0.25, 0.3) is 0 Å². The van der Waals surface area contributed by atoms with Crippen molar-refractivity contribution in [3.63, 3.8) is 0 Å². The van der Waals surface area contributed by atoms with E-state index in [1.165, 1.54) is 0 Å². The normalized spacial score (nSPS) is 13.2. The molecular weight excluding hydrogens is 230 g/mol. The van der Waals surface area contributed by atoms with Gasteiger partial charge in [-0.2, -0.15) is 0 Å². The predicted molar refractivity (Wildman–Crippen MR) is 75.2 cm³/mol. The van der Waals surface area contributed by atoms with E-state index in [4.69, 9.17) is 9.16 Å². The molecule has 0 fully saturated rings. The first-order valence-corrected chi connectivity index (χ1v) is 9.01. The highest BCUT2D eigenvalue weighted by Gasteiger charge is 2.33. The highest BCUT2D eigenvalue weighted by Crippen LogP contribution is 2.23. The van der Waals surface area contributed by atoms with Gasteiger partial charge >= 0.3 is 0 Å². The second-order valence-electron chi connectivity index (χ2n) is 4.60. The third-order valence-corrected chi connectivity index (χ3v) is 6.20. The quantitative estimate of drug-likeness (QED) is 0.789. The maximum absolute atomic E-state index is 6.06. The molecule has 1 N–H and O–H groups in total. The van der Waals surface area contributed by atoms with Gasteiger partial charge in [-0.25, -0.2) is 0 Å². The molecule has 0 saturated carbocycles. The van der Waals surface area contributed by atoms with Crippen LogP contribution in [0.5, 0.6) is 5.75 Å². The fourth-order valence-electron chi connectivity index (χ4n) is 1.74. The van der Waals surface area contributed by atoms with Crippen LogP contribution < -0.4 is 10.1 Å². The molecule has 1 unspecified atom stereocenters. The summed E-state index contributed by atoms with van der Waals surface area (Å²) in [5.74, 6) is 0.904. The lowest BCUT2D eigenvalue weighted by atomic mass is 10.3. The van der Waals surface area contributed by atoms with Gasteiger partial charge in [-0.15, -0.1) is 0 Å². The summed E-state index contributed by atoms with van der Waals surface area (Å²) in [6.45, 7) is 6.51. The second kappa shape index (κ2) is 6.07. The summed E-state index contributed by atoms with van der Waals surface area (Å²) < 4.78 is 11.7. The SMILES string of the molecule is CCC(Oc1cccc(NC)c1)[Si](C)(C)OC. The van der Waals surface area contributed by atoms with E-state index in [9.17, 15) is 0 Å². The highest BCUT2D eigenvalue weighted by molar-refractivity contribution is 6.72. The van der Waals surface area contributed by atoms with E-state index in [1.54, 1.807) is 7.11 Å². The van der Waals surface area contributed by atoms with Crippen molar-refractivity contribution in [2.45, 2.75) is 32.2 Å². The third kappa shape index (κ3) is 3.75. The molecule has 3 nitrogen and oxygen atoms in total. The van der Waals surface area contributed by atoms with E-state index in [1.807, 2.05) is 31.3 Å². The summed E-state index contributed by atoms with van der Waals surface area (Å²) in [6.07, 6.45) is 0.969. The molecule has 4 heteroatoms. The zero-order valence-corrected chi connectivity index (χ0v) is 12.4. The molecule has 1 aromatic rings. The first-order valence-electron chi connectivity index (χ1n) is 6.03. The standard InChI is InChI=1S/C13H23NO2Si/c1-6-13(17(4,5)15-3)16-12-9-7-8-11(10-12)14-2/h7-10,13-14H,6H2,1-5H3. The average molecular weight is 253 g/mol. The van der Waals surface area contributed by atoms with E-state index in [0.29, 0.717) is 0 Å². The molecule has 17 heavy (non-hydrogen) atoms. The number of anilines is 1. The van der Waals surface area contributed by atoms with E-state index in [0.717, 1.165) is 17.9 Å². The van der Waals surface area contributed by atoms with Gasteiger partial charge in [0.05, 0.1) is 0 Å². The molecule has 0 aliphatic rings. The number of nitrogens with one attached hydrogen (secondary N) is 1. The molecule has 0 heterocycles. The second-order valence-corrected chi connectivity index (χ2v) is 8.86. The lowest BCUT2D eigenvalue weighted by molar-refractivity contribution is 0.228. The van der Waals surface area contributed by atoms with Gasteiger partial charge in [0.2, 0.25) is 8.32 Å². The van der Waals surface area contributed by atoms with Crippen LogP contribution in [-0.2, 0) is 4.43 Å². The highest BCUT2D eigenvalue weighted by atomic mass is 28.4. The maximum atomic E-state index is 6.06. The summed E-state index contributed by atoms with van der Waals surface area (Å²) in [4.78, 5) is 0. The fourth-order valence-corrected chi connectivity index (χ4v) is 3.40. The molecule has 0 saturated heterocycles. The van der Waals surface area contributed by atoms with Crippen molar-refractivity contribution >= 4 is 14.0 Å². The number of ether oxygens (including phenoxy) is 1. The van der Waals surface area contributed by atoms with Gasteiger partial charge in [-0.1, -0.05) is 13.0 Å². The Morgan fingerprint density at radius 2 is 2.06 bits per heavy atom. The Balaban J connectivity index is 2.80. The van der Waals surface area contributed by atoms with Gasteiger partial charge in [0.25, 0.3) is 0 Å². The van der Waals surface area contributed by atoms with Crippen LogP contribution >= 0.6 is 0 Å². The van der Waals surface area contributed by atoms with Crippen LogP contribution in [0.1, 0.15) is 13.3 Å². The van der Waals surface area contributed by atoms with Gasteiger partial charge in [-0.05, 0) is 31.6 Å². The number of hydrogen-bond donors (Lipinski definition) is 1. The smallest absolute Gasteiger partial charge is 0.227 e. The molecule has 96 valence electrons. The molecule has 0 radical (unpaired) electrons. The van der Waals surface area contributed by atoms with Gasteiger partial charge in [0.1, 0.15) is 11.5 Å². The Hall–Kier alpha value is -1.00. The van der Waals surface area contributed by atoms with E-state index < -0.39 is 8.32 Å². The number of hydrogen-bond acceptors (Lipinski definition) is 3. The first-order chi connectivity index (χ1) is 8.03. The molecule has 0 bridgehead atoms. The van der Waals surface area contributed by atoms with Gasteiger partial charge in [0, 0.05) is 25.9 Å². The molecule has 1 atom stereocenters. The Morgan fingerprint density at radius 3 is 2.59 bits per heavy atom. The Kier molecular flexibility index (Phi) is 5.02. The monoisotopic (exact) mass is 253 g/mol. The molecule has 0 aliphatic carbocycles. The lowest BCUT2D eigenvalue weighted by Crippen LogP contribution is -2.47. The minimum Gasteiger partial charge on any atom is -0.491 e.